The van der Waals surface area contributed by atoms with Gasteiger partial charge in [0.05, 0.1) is 5.56 Å². The van der Waals surface area contributed by atoms with Crippen LogP contribution in [0, 0.1) is 3.57 Å². The third-order valence-electron chi connectivity index (χ3n) is 2.90. The second-order valence-corrected chi connectivity index (χ2v) is 5.14. The van der Waals surface area contributed by atoms with Crippen LogP contribution < -0.4 is 0 Å². The molecule has 1 fully saturated rings. The van der Waals surface area contributed by atoms with E-state index in [1.54, 1.807) is 12.1 Å². The molecule has 5 heteroatoms. The number of halogens is 1. The third kappa shape index (κ3) is 2.43. The molecule has 2 rings (SSSR count). The van der Waals surface area contributed by atoms with Gasteiger partial charge in [-0.25, -0.2) is 4.79 Å². The Hall–Kier alpha value is -1.11. The lowest BCUT2D eigenvalue weighted by Crippen LogP contribution is -2.40. The average molecular weight is 345 g/mol. The predicted octanol–water partition coefficient (Wildman–Crippen LogP) is 1.98. The summed E-state index contributed by atoms with van der Waals surface area (Å²) in [5.41, 5.74) is 0.584. The summed E-state index contributed by atoms with van der Waals surface area (Å²) >= 11 is 2.09. The van der Waals surface area contributed by atoms with Gasteiger partial charge < -0.3 is 10.0 Å². The summed E-state index contributed by atoms with van der Waals surface area (Å²) in [6.07, 6.45) is 1.30. The SMILES string of the molecule is O=C(O)[C@H]1CCCN1C(=O)c1ccccc1I. The molecule has 1 saturated heterocycles. The highest BCUT2D eigenvalue weighted by Gasteiger charge is 2.34. The summed E-state index contributed by atoms with van der Waals surface area (Å²) in [6, 6.07) is 6.57. The smallest absolute Gasteiger partial charge is 0.326 e. The summed E-state index contributed by atoms with van der Waals surface area (Å²) in [5.74, 6) is -1.10. The molecule has 0 unspecified atom stereocenters. The van der Waals surface area contributed by atoms with Crippen LogP contribution >= 0.6 is 22.6 Å². The summed E-state index contributed by atoms with van der Waals surface area (Å²) in [4.78, 5) is 24.7. The van der Waals surface area contributed by atoms with E-state index >= 15 is 0 Å². The fraction of sp³-hybridized carbons (Fsp3) is 0.333. The van der Waals surface area contributed by atoms with Crippen molar-refractivity contribution in [1.29, 1.82) is 0 Å². The van der Waals surface area contributed by atoms with Crippen molar-refractivity contribution in [1.82, 2.24) is 4.90 Å². The second-order valence-electron chi connectivity index (χ2n) is 3.97. The molecule has 0 bridgehead atoms. The number of aliphatic carboxylic acids is 1. The molecule has 0 aromatic heterocycles. The van der Waals surface area contributed by atoms with Gasteiger partial charge in [-0.15, -0.1) is 0 Å². The van der Waals surface area contributed by atoms with Crippen LogP contribution in [0.5, 0.6) is 0 Å². The number of amides is 1. The second kappa shape index (κ2) is 5.03. The summed E-state index contributed by atoms with van der Waals surface area (Å²) in [6.45, 7) is 0.529. The van der Waals surface area contributed by atoms with Gasteiger partial charge >= 0.3 is 5.97 Å². The number of benzene rings is 1. The number of carboxylic acids is 1. The molecule has 4 nitrogen and oxygen atoms in total. The van der Waals surface area contributed by atoms with Gasteiger partial charge in [-0.3, -0.25) is 4.79 Å². The van der Waals surface area contributed by atoms with Crippen LogP contribution in [0.25, 0.3) is 0 Å². The number of likely N-dealkylation sites (tertiary alicyclic amines) is 1. The molecule has 1 heterocycles. The zero-order valence-corrected chi connectivity index (χ0v) is 11.3. The van der Waals surface area contributed by atoms with Crippen LogP contribution in [0.15, 0.2) is 24.3 Å². The fourth-order valence-corrected chi connectivity index (χ4v) is 2.67. The molecule has 0 saturated carbocycles. The number of rotatable bonds is 2. The van der Waals surface area contributed by atoms with Crippen LogP contribution in [0.4, 0.5) is 0 Å². The molecule has 0 spiro atoms. The Kier molecular flexibility index (Phi) is 3.66. The standard InChI is InChI=1S/C12H12INO3/c13-9-5-2-1-4-8(9)11(15)14-7-3-6-10(14)12(16)17/h1-2,4-5,10H,3,6-7H2,(H,16,17)/t10-/m1/s1. The molecule has 90 valence electrons. The molecule has 1 aliphatic heterocycles. The van der Waals surface area contributed by atoms with Gasteiger partial charge in [0.15, 0.2) is 0 Å². The molecular formula is C12H12INO3. The zero-order chi connectivity index (χ0) is 12.4. The van der Waals surface area contributed by atoms with Crippen molar-refractivity contribution in [3.05, 3.63) is 33.4 Å². The Morgan fingerprint density at radius 1 is 1.35 bits per heavy atom. The van der Waals surface area contributed by atoms with E-state index in [2.05, 4.69) is 22.6 Å². The Labute approximate surface area is 113 Å². The third-order valence-corrected chi connectivity index (χ3v) is 3.84. The lowest BCUT2D eigenvalue weighted by atomic mass is 10.1. The van der Waals surface area contributed by atoms with Crippen molar-refractivity contribution in [3.63, 3.8) is 0 Å². The van der Waals surface area contributed by atoms with E-state index in [0.717, 1.165) is 9.99 Å². The minimum absolute atomic E-state index is 0.181. The van der Waals surface area contributed by atoms with Crippen LogP contribution in [0.1, 0.15) is 23.2 Å². The number of nitrogens with zero attached hydrogens (tertiary/aromatic N) is 1. The van der Waals surface area contributed by atoms with E-state index in [1.165, 1.54) is 4.90 Å². The minimum Gasteiger partial charge on any atom is -0.480 e. The minimum atomic E-state index is -0.915. The first-order valence-electron chi connectivity index (χ1n) is 5.39. The first-order valence-corrected chi connectivity index (χ1v) is 6.47. The highest BCUT2D eigenvalue weighted by Crippen LogP contribution is 2.22. The number of carboxylic acid groups (broad SMARTS) is 1. The average Bonchev–Trinajstić information content (AvgIpc) is 2.77. The lowest BCUT2D eigenvalue weighted by Gasteiger charge is -2.21. The fourth-order valence-electron chi connectivity index (χ4n) is 2.06. The molecule has 1 amide bonds. The Balaban J connectivity index is 2.26. The topological polar surface area (TPSA) is 57.6 Å². The summed E-state index contributed by atoms with van der Waals surface area (Å²) in [7, 11) is 0. The maximum absolute atomic E-state index is 12.2. The zero-order valence-electron chi connectivity index (χ0n) is 9.10. The number of carbonyl (C=O) groups is 2. The molecule has 1 aromatic carbocycles. The predicted molar refractivity (Wildman–Crippen MR) is 70.9 cm³/mol. The van der Waals surface area contributed by atoms with E-state index < -0.39 is 12.0 Å². The normalized spacial score (nSPS) is 19.4. The Morgan fingerprint density at radius 3 is 2.71 bits per heavy atom. The quantitative estimate of drug-likeness (QED) is 0.834. The molecule has 1 N–H and O–H groups in total. The Morgan fingerprint density at radius 2 is 2.06 bits per heavy atom. The molecule has 1 aromatic rings. The van der Waals surface area contributed by atoms with E-state index in [1.807, 2.05) is 12.1 Å². The number of hydrogen-bond donors (Lipinski definition) is 1. The van der Waals surface area contributed by atoms with Gasteiger partial charge in [0.25, 0.3) is 5.91 Å². The highest BCUT2D eigenvalue weighted by atomic mass is 127. The van der Waals surface area contributed by atoms with Crippen molar-refractivity contribution < 1.29 is 14.7 Å². The monoisotopic (exact) mass is 345 g/mol. The van der Waals surface area contributed by atoms with Crippen molar-refractivity contribution >= 4 is 34.5 Å². The van der Waals surface area contributed by atoms with E-state index in [0.29, 0.717) is 18.5 Å². The van der Waals surface area contributed by atoms with Crippen LogP contribution in [-0.4, -0.2) is 34.5 Å². The van der Waals surface area contributed by atoms with Gasteiger partial charge in [0, 0.05) is 10.1 Å². The van der Waals surface area contributed by atoms with Gasteiger partial charge in [0.1, 0.15) is 6.04 Å². The number of hydrogen-bond acceptors (Lipinski definition) is 2. The van der Waals surface area contributed by atoms with Crippen molar-refractivity contribution in [3.8, 4) is 0 Å². The maximum Gasteiger partial charge on any atom is 0.326 e. The first-order chi connectivity index (χ1) is 8.11. The van der Waals surface area contributed by atoms with Gasteiger partial charge in [0.2, 0.25) is 0 Å². The molecule has 1 aliphatic rings. The van der Waals surface area contributed by atoms with Crippen LogP contribution in [0.3, 0.4) is 0 Å². The van der Waals surface area contributed by atoms with Crippen LogP contribution in [-0.2, 0) is 4.79 Å². The van der Waals surface area contributed by atoms with E-state index in [-0.39, 0.29) is 5.91 Å². The van der Waals surface area contributed by atoms with Gasteiger partial charge in [-0.2, -0.15) is 0 Å². The summed E-state index contributed by atoms with van der Waals surface area (Å²) in [5, 5.41) is 9.05. The molecule has 17 heavy (non-hydrogen) atoms. The molecular weight excluding hydrogens is 333 g/mol. The molecule has 0 radical (unpaired) electrons. The van der Waals surface area contributed by atoms with Gasteiger partial charge in [-0.1, -0.05) is 12.1 Å². The Bertz CT molecular complexity index is 461. The van der Waals surface area contributed by atoms with E-state index in [9.17, 15) is 9.59 Å². The first kappa shape index (κ1) is 12.3. The summed E-state index contributed by atoms with van der Waals surface area (Å²) < 4.78 is 0.853. The van der Waals surface area contributed by atoms with E-state index in [4.69, 9.17) is 5.11 Å². The van der Waals surface area contributed by atoms with Crippen molar-refractivity contribution in [2.24, 2.45) is 0 Å². The van der Waals surface area contributed by atoms with Crippen molar-refractivity contribution in [2.75, 3.05) is 6.54 Å². The van der Waals surface area contributed by atoms with Crippen molar-refractivity contribution in [2.45, 2.75) is 18.9 Å². The largest absolute Gasteiger partial charge is 0.480 e. The van der Waals surface area contributed by atoms with Crippen LogP contribution in [0.2, 0.25) is 0 Å². The molecule has 1 atom stereocenters. The molecule has 0 aliphatic carbocycles. The number of carbonyl (C=O) groups excluding carboxylic acids is 1. The van der Waals surface area contributed by atoms with Gasteiger partial charge in [-0.05, 0) is 47.6 Å². The maximum atomic E-state index is 12.2. The lowest BCUT2D eigenvalue weighted by molar-refractivity contribution is -0.141. The highest BCUT2D eigenvalue weighted by molar-refractivity contribution is 14.1.